The third kappa shape index (κ3) is 2.85. The van der Waals surface area contributed by atoms with Gasteiger partial charge < -0.3 is 4.90 Å². The van der Waals surface area contributed by atoms with Crippen molar-refractivity contribution in [2.75, 3.05) is 18.0 Å². The third-order valence-electron chi connectivity index (χ3n) is 3.18. The highest BCUT2D eigenvalue weighted by atomic mass is 35.5. The molecule has 1 fully saturated rings. The largest absolute Gasteiger partial charge is 0.355 e. The monoisotopic (exact) mass is 239 g/mol. The van der Waals surface area contributed by atoms with Gasteiger partial charge in [0.1, 0.15) is 0 Å². The van der Waals surface area contributed by atoms with Crippen LogP contribution in [-0.2, 0) is 5.88 Å². The number of halogens is 1. The molecule has 4 heteroatoms. The second-order valence-corrected chi connectivity index (χ2v) is 4.81. The topological polar surface area (TPSA) is 29.0 Å². The molecule has 1 unspecified atom stereocenters. The molecule has 2 rings (SSSR count). The fourth-order valence-electron chi connectivity index (χ4n) is 2.08. The van der Waals surface area contributed by atoms with Crippen molar-refractivity contribution in [2.24, 2.45) is 5.92 Å². The summed E-state index contributed by atoms with van der Waals surface area (Å²) in [5.41, 5.74) is 0.841. The van der Waals surface area contributed by atoms with Crippen LogP contribution >= 0.6 is 11.6 Å². The molecule has 0 bridgehead atoms. The number of aromatic nitrogens is 2. The van der Waals surface area contributed by atoms with E-state index >= 15 is 0 Å². The van der Waals surface area contributed by atoms with E-state index in [1.165, 1.54) is 19.3 Å². The van der Waals surface area contributed by atoms with Crippen molar-refractivity contribution in [1.29, 1.82) is 0 Å². The highest BCUT2D eigenvalue weighted by Crippen LogP contribution is 2.20. The Hall–Kier alpha value is -0.830. The van der Waals surface area contributed by atoms with Gasteiger partial charge in [-0.25, -0.2) is 0 Å². The zero-order valence-corrected chi connectivity index (χ0v) is 10.5. The first kappa shape index (κ1) is 11.6. The molecule has 0 saturated carbocycles. The van der Waals surface area contributed by atoms with Gasteiger partial charge in [-0.2, -0.15) is 5.10 Å². The second kappa shape index (κ2) is 5.48. The van der Waals surface area contributed by atoms with Crippen LogP contribution in [0.25, 0.3) is 0 Å². The average Bonchev–Trinajstić information content (AvgIpc) is 2.54. The van der Waals surface area contributed by atoms with Crippen LogP contribution in [0.4, 0.5) is 5.82 Å². The molecular weight excluding hydrogens is 222 g/mol. The standard InChI is InChI=1S/C12H18ClN3/c1-10-3-2-7-16(8-6-10)12-5-4-11(9-13)14-15-12/h4-5,10H,2-3,6-9H2,1H3. The summed E-state index contributed by atoms with van der Waals surface area (Å²) >= 11 is 5.69. The highest BCUT2D eigenvalue weighted by molar-refractivity contribution is 6.16. The first-order valence-corrected chi connectivity index (χ1v) is 6.46. The van der Waals surface area contributed by atoms with E-state index in [1.54, 1.807) is 0 Å². The van der Waals surface area contributed by atoms with E-state index in [4.69, 9.17) is 11.6 Å². The predicted molar refractivity (Wildman–Crippen MR) is 66.8 cm³/mol. The fraction of sp³-hybridized carbons (Fsp3) is 0.667. The minimum Gasteiger partial charge on any atom is -0.355 e. The molecule has 1 aliphatic rings. The molecule has 0 spiro atoms. The SMILES string of the molecule is CC1CCCN(c2ccc(CCl)nn2)CC1. The van der Waals surface area contributed by atoms with Gasteiger partial charge in [0.25, 0.3) is 0 Å². The Bertz CT molecular complexity index is 326. The van der Waals surface area contributed by atoms with Crippen molar-refractivity contribution in [3.8, 4) is 0 Å². The van der Waals surface area contributed by atoms with Gasteiger partial charge in [0.2, 0.25) is 0 Å². The lowest BCUT2D eigenvalue weighted by atomic mass is 10.0. The van der Waals surface area contributed by atoms with E-state index in [1.807, 2.05) is 12.1 Å². The Labute approximate surface area is 102 Å². The van der Waals surface area contributed by atoms with Crippen molar-refractivity contribution in [2.45, 2.75) is 32.1 Å². The molecule has 0 amide bonds. The molecule has 0 radical (unpaired) electrons. The minimum atomic E-state index is 0.435. The summed E-state index contributed by atoms with van der Waals surface area (Å²) in [6.07, 6.45) is 3.82. The Balaban J connectivity index is 2.04. The molecule has 1 aromatic rings. The molecular formula is C12H18ClN3. The Morgan fingerprint density at radius 1 is 1.31 bits per heavy atom. The van der Waals surface area contributed by atoms with Gasteiger partial charge in [0.05, 0.1) is 11.6 Å². The number of rotatable bonds is 2. The van der Waals surface area contributed by atoms with Gasteiger partial charge in [0.15, 0.2) is 5.82 Å². The molecule has 16 heavy (non-hydrogen) atoms. The van der Waals surface area contributed by atoms with Crippen LogP contribution in [0, 0.1) is 5.92 Å². The van der Waals surface area contributed by atoms with Crippen molar-refractivity contribution in [3.05, 3.63) is 17.8 Å². The van der Waals surface area contributed by atoms with E-state index in [9.17, 15) is 0 Å². The van der Waals surface area contributed by atoms with Gasteiger partial charge in [-0.1, -0.05) is 6.92 Å². The normalized spacial score (nSPS) is 21.9. The molecule has 88 valence electrons. The van der Waals surface area contributed by atoms with Crippen LogP contribution in [0.1, 0.15) is 31.9 Å². The lowest BCUT2D eigenvalue weighted by Gasteiger charge is -2.20. The van der Waals surface area contributed by atoms with Gasteiger partial charge in [0, 0.05) is 13.1 Å². The number of anilines is 1. The number of nitrogens with zero attached hydrogens (tertiary/aromatic N) is 3. The van der Waals surface area contributed by atoms with Crippen LogP contribution < -0.4 is 4.90 Å². The summed E-state index contributed by atoms with van der Waals surface area (Å²) in [5, 5.41) is 8.33. The molecule has 0 aromatic carbocycles. The van der Waals surface area contributed by atoms with Crippen molar-refractivity contribution in [3.63, 3.8) is 0 Å². The van der Waals surface area contributed by atoms with E-state index in [0.717, 1.165) is 30.5 Å². The summed E-state index contributed by atoms with van der Waals surface area (Å²) in [6.45, 7) is 4.51. The second-order valence-electron chi connectivity index (χ2n) is 4.54. The zero-order chi connectivity index (χ0) is 11.4. The van der Waals surface area contributed by atoms with E-state index < -0.39 is 0 Å². The fourth-order valence-corrected chi connectivity index (χ4v) is 2.23. The highest BCUT2D eigenvalue weighted by Gasteiger charge is 2.15. The predicted octanol–water partition coefficient (Wildman–Crippen LogP) is 2.84. The third-order valence-corrected chi connectivity index (χ3v) is 3.46. The van der Waals surface area contributed by atoms with Gasteiger partial charge in [-0.05, 0) is 37.3 Å². The minimum absolute atomic E-state index is 0.435. The maximum Gasteiger partial charge on any atom is 0.151 e. The lowest BCUT2D eigenvalue weighted by molar-refractivity contribution is 0.521. The van der Waals surface area contributed by atoms with Crippen molar-refractivity contribution < 1.29 is 0 Å². The Morgan fingerprint density at radius 3 is 2.88 bits per heavy atom. The van der Waals surface area contributed by atoms with Crippen LogP contribution in [-0.4, -0.2) is 23.3 Å². The summed E-state index contributed by atoms with van der Waals surface area (Å²) in [6, 6.07) is 3.99. The van der Waals surface area contributed by atoms with E-state index in [0.29, 0.717) is 5.88 Å². The van der Waals surface area contributed by atoms with Crippen LogP contribution in [0.15, 0.2) is 12.1 Å². The van der Waals surface area contributed by atoms with Gasteiger partial charge in [-0.3, -0.25) is 0 Å². The first-order valence-electron chi connectivity index (χ1n) is 5.93. The van der Waals surface area contributed by atoms with Gasteiger partial charge >= 0.3 is 0 Å². The van der Waals surface area contributed by atoms with Crippen LogP contribution in [0.2, 0.25) is 0 Å². The van der Waals surface area contributed by atoms with E-state index in [-0.39, 0.29) is 0 Å². The molecule has 0 N–H and O–H groups in total. The number of hydrogen-bond donors (Lipinski definition) is 0. The quantitative estimate of drug-likeness (QED) is 0.744. The first-order chi connectivity index (χ1) is 7.79. The molecule has 0 aliphatic carbocycles. The molecule has 1 atom stereocenters. The molecule has 1 saturated heterocycles. The molecule has 1 aromatic heterocycles. The molecule has 3 nitrogen and oxygen atoms in total. The maximum atomic E-state index is 5.69. The zero-order valence-electron chi connectivity index (χ0n) is 9.69. The molecule has 2 heterocycles. The van der Waals surface area contributed by atoms with Crippen LogP contribution in [0.3, 0.4) is 0 Å². The Morgan fingerprint density at radius 2 is 2.19 bits per heavy atom. The maximum absolute atomic E-state index is 5.69. The lowest BCUT2D eigenvalue weighted by Crippen LogP contribution is -2.25. The van der Waals surface area contributed by atoms with Crippen LogP contribution in [0.5, 0.6) is 0 Å². The van der Waals surface area contributed by atoms with Gasteiger partial charge in [-0.15, -0.1) is 16.7 Å². The number of hydrogen-bond acceptors (Lipinski definition) is 3. The van der Waals surface area contributed by atoms with Crippen molar-refractivity contribution >= 4 is 17.4 Å². The summed E-state index contributed by atoms with van der Waals surface area (Å²) < 4.78 is 0. The summed E-state index contributed by atoms with van der Waals surface area (Å²) in [4.78, 5) is 2.33. The summed E-state index contributed by atoms with van der Waals surface area (Å²) in [7, 11) is 0. The average molecular weight is 240 g/mol. The summed E-state index contributed by atoms with van der Waals surface area (Å²) in [5.74, 6) is 2.26. The van der Waals surface area contributed by atoms with Crippen molar-refractivity contribution in [1.82, 2.24) is 10.2 Å². The smallest absolute Gasteiger partial charge is 0.151 e. The Kier molecular flexibility index (Phi) is 3.99. The van der Waals surface area contributed by atoms with E-state index in [2.05, 4.69) is 22.0 Å². The molecule has 1 aliphatic heterocycles. The number of alkyl halides is 1.